The van der Waals surface area contributed by atoms with Crippen molar-refractivity contribution < 1.29 is 13.6 Å². The molecule has 0 saturated heterocycles. The van der Waals surface area contributed by atoms with Crippen molar-refractivity contribution in [1.82, 2.24) is 4.90 Å². The molecule has 0 fully saturated rings. The zero-order valence-corrected chi connectivity index (χ0v) is 12.4. The SMILES string of the molecule is CSCC(C)N(C)C(C)C(=O)c1ccc(F)c(F)c1. The summed E-state index contributed by atoms with van der Waals surface area (Å²) in [6.45, 7) is 3.81. The Morgan fingerprint density at radius 1 is 1.32 bits per heavy atom. The third-order valence-corrected chi connectivity index (χ3v) is 4.11. The maximum Gasteiger partial charge on any atom is 0.179 e. The van der Waals surface area contributed by atoms with Crippen LogP contribution in [-0.4, -0.2) is 41.8 Å². The van der Waals surface area contributed by atoms with Gasteiger partial charge < -0.3 is 0 Å². The molecule has 1 rings (SSSR count). The van der Waals surface area contributed by atoms with Gasteiger partial charge in [-0.3, -0.25) is 9.69 Å². The van der Waals surface area contributed by atoms with Gasteiger partial charge in [0.25, 0.3) is 0 Å². The summed E-state index contributed by atoms with van der Waals surface area (Å²) >= 11 is 1.70. The molecule has 0 aliphatic carbocycles. The minimum absolute atomic E-state index is 0.200. The smallest absolute Gasteiger partial charge is 0.179 e. The quantitative estimate of drug-likeness (QED) is 0.749. The first-order valence-corrected chi connectivity index (χ1v) is 7.48. The number of benzene rings is 1. The molecule has 106 valence electrons. The van der Waals surface area contributed by atoms with Crippen LogP contribution in [-0.2, 0) is 0 Å². The standard InChI is InChI=1S/C14H19F2NOS/c1-9(8-19-4)17(3)10(2)14(18)11-5-6-12(15)13(16)7-11/h5-7,9-10H,8H2,1-4H3. The Bertz CT molecular complexity index is 453. The fraction of sp³-hybridized carbons (Fsp3) is 0.500. The van der Waals surface area contributed by atoms with Gasteiger partial charge in [0.15, 0.2) is 17.4 Å². The van der Waals surface area contributed by atoms with E-state index in [1.807, 2.05) is 25.1 Å². The topological polar surface area (TPSA) is 20.3 Å². The molecule has 5 heteroatoms. The van der Waals surface area contributed by atoms with Crippen molar-refractivity contribution in [1.29, 1.82) is 0 Å². The van der Waals surface area contributed by atoms with E-state index >= 15 is 0 Å². The van der Waals surface area contributed by atoms with Crippen LogP contribution in [0.3, 0.4) is 0 Å². The summed E-state index contributed by atoms with van der Waals surface area (Å²) in [6.07, 6.45) is 2.01. The van der Waals surface area contributed by atoms with E-state index in [4.69, 9.17) is 0 Å². The van der Waals surface area contributed by atoms with E-state index in [0.717, 1.165) is 17.9 Å². The van der Waals surface area contributed by atoms with Gasteiger partial charge in [-0.2, -0.15) is 11.8 Å². The Kier molecular flexibility index (Phi) is 5.94. The number of hydrogen-bond acceptors (Lipinski definition) is 3. The Hall–Kier alpha value is -0.940. The van der Waals surface area contributed by atoms with E-state index in [2.05, 4.69) is 0 Å². The number of thioether (sulfide) groups is 1. The highest BCUT2D eigenvalue weighted by Gasteiger charge is 2.23. The van der Waals surface area contributed by atoms with Crippen LogP contribution in [0.5, 0.6) is 0 Å². The lowest BCUT2D eigenvalue weighted by atomic mass is 10.0. The van der Waals surface area contributed by atoms with Crippen molar-refractivity contribution in [2.75, 3.05) is 19.1 Å². The second kappa shape index (κ2) is 7.01. The molecule has 0 saturated carbocycles. The average Bonchev–Trinajstić information content (AvgIpc) is 2.39. The highest BCUT2D eigenvalue weighted by atomic mass is 32.2. The molecule has 0 radical (unpaired) electrons. The van der Waals surface area contributed by atoms with Gasteiger partial charge in [-0.15, -0.1) is 0 Å². The molecular weight excluding hydrogens is 268 g/mol. The van der Waals surface area contributed by atoms with Gasteiger partial charge in [-0.1, -0.05) is 0 Å². The second-order valence-corrected chi connectivity index (χ2v) is 5.55. The maximum atomic E-state index is 13.1. The van der Waals surface area contributed by atoms with E-state index in [1.54, 1.807) is 18.7 Å². The number of halogens is 2. The molecule has 2 atom stereocenters. The molecule has 2 unspecified atom stereocenters. The molecule has 0 N–H and O–H groups in total. The molecule has 2 nitrogen and oxygen atoms in total. The zero-order chi connectivity index (χ0) is 14.6. The van der Waals surface area contributed by atoms with Crippen LogP contribution in [0.4, 0.5) is 8.78 Å². The highest BCUT2D eigenvalue weighted by Crippen LogP contribution is 2.15. The lowest BCUT2D eigenvalue weighted by Crippen LogP contribution is -2.42. The lowest BCUT2D eigenvalue weighted by molar-refractivity contribution is 0.0838. The molecule has 1 aromatic rings. The number of likely N-dealkylation sites (N-methyl/N-ethyl adjacent to an activating group) is 1. The summed E-state index contributed by atoms with van der Waals surface area (Å²) in [4.78, 5) is 14.2. The fourth-order valence-corrected chi connectivity index (χ4v) is 2.53. The minimum Gasteiger partial charge on any atom is -0.293 e. The summed E-state index contributed by atoms with van der Waals surface area (Å²) in [5.41, 5.74) is 0.203. The van der Waals surface area contributed by atoms with Crippen LogP contribution < -0.4 is 0 Å². The normalized spacial score (nSPS) is 14.5. The molecule has 1 aromatic carbocycles. The second-order valence-electron chi connectivity index (χ2n) is 4.64. The van der Waals surface area contributed by atoms with E-state index in [-0.39, 0.29) is 23.4 Å². The van der Waals surface area contributed by atoms with Crippen molar-refractivity contribution in [3.8, 4) is 0 Å². The summed E-state index contributed by atoms with van der Waals surface area (Å²) in [7, 11) is 1.86. The number of nitrogens with zero attached hydrogens (tertiary/aromatic N) is 1. The molecule has 0 aliphatic rings. The molecule has 0 spiro atoms. The van der Waals surface area contributed by atoms with E-state index < -0.39 is 11.6 Å². The minimum atomic E-state index is -0.988. The molecule has 0 heterocycles. The summed E-state index contributed by atoms with van der Waals surface area (Å²) < 4.78 is 26.0. The van der Waals surface area contributed by atoms with E-state index in [1.165, 1.54) is 6.07 Å². The highest BCUT2D eigenvalue weighted by molar-refractivity contribution is 7.98. The first-order valence-electron chi connectivity index (χ1n) is 6.08. The molecule has 19 heavy (non-hydrogen) atoms. The average molecular weight is 287 g/mol. The van der Waals surface area contributed by atoms with Crippen molar-refractivity contribution in [2.45, 2.75) is 25.9 Å². The first kappa shape index (κ1) is 16.1. The van der Waals surface area contributed by atoms with Crippen molar-refractivity contribution >= 4 is 17.5 Å². The Balaban J connectivity index is 2.84. The maximum absolute atomic E-state index is 13.1. The number of ketones is 1. The third kappa shape index (κ3) is 4.01. The van der Waals surface area contributed by atoms with Crippen LogP contribution in [0.2, 0.25) is 0 Å². The fourth-order valence-electron chi connectivity index (χ4n) is 1.82. The number of rotatable bonds is 6. The van der Waals surface area contributed by atoms with Gasteiger partial charge in [0.05, 0.1) is 6.04 Å². The predicted octanol–water partition coefficient (Wildman–Crippen LogP) is 3.22. The van der Waals surface area contributed by atoms with Crippen molar-refractivity contribution in [2.24, 2.45) is 0 Å². The van der Waals surface area contributed by atoms with Crippen molar-refractivity contribution in [3.63, 3.8) is 0 Å². The lowest BCUT2D eigenvalue weighted by Gasteiger charge is -2.29. The zero-order valence-electron chi connectivity index (χ0n) is 11.6. The molecule has 0 amide bonds. The van der Waals surface area contributed by atoms with E-state index in [0.29, 0.717) is 0 Å². The number of carbonyl (C=O) groups is 1. The Labute approximate surface area is 117 Å². The summed E-state index contributed by atoms with van der Waals surface area (Å²) in [5, 5.41) is 0. The van der Waals surface area contributed by atoms with E-state index in [9.17, 15) is 13.6 Å². The van der Waals surface area contributed by atoms with Crippen LogP contribution in [0.15, 0.2) is 18.2 Å². The molecule has 0 bridgehead atoms. The van der Waals surface area contributed by atoms with Gasteiger partial charge in [-0.05, 0) is 45.4 Å². The Morgan fingerprint density at radius 2 is 1.95 bits per heavy atom. The summed E-state index contributed by atoms with van der Waals surface area (Å²) in [5.74, 6) is -1.22. The van der Waals surface area contributed by atoms with Gasteiger partial charge in [0.2, 0.25) is 0 Å². The molecular formula is C14H19F2NOS. The van der Waals surface area contributed by atoms with Gasteiger partial charge in [0.1, 0.15) is 0 Å². The van der Waals surface area contributed by atoms with Crippen LogP contribution in [0.25, 0.3) is 0 Å². The van der Waals surface area contributed by atoms with Gasteiger partial charge in [0, 0.05) is 17.4 Å². The number of carbonyl (C=O) groups excluding carboxylic acids is 1. The largest absolute Gasteiger partial charge is 0.293 e. The van der Waals surface area contributed by atoms with Gasteiger partial charge >= 0.3 is 0 Å². The summed E-state index contributed by atoms with van der Waals surface area (Å²) in [6, 6.07) is 3.14. The van der Waals surface area contributed by atoms with Gasteiger partial charge in [-0.25, -0.2) is 8.78 Å². The monoisotopic (exact) mass is 287 g/mol. The van der Waals surface area contributed by atoms with Crippen LogP contribution in [0.1, 0.15) is 24.2 Å². The van der Waals surface area contributed by atoms with Crippen LogP contribution in [0, 0.1) is 11.6 Å². The predicted molar refractivity (Wildman–Crippen MR) is 75.8 cm³/mol. The number of Topliss-reactive ketones (excluding diaryl/α,β-unsaturated/α-hetero) is 1. The Morgan fingerprint density at radius 3 is 2.47 bits per heavy atom. The van der Waals surface area contributed by atoms with Crippen molar-refractivity contribution in [3.05, 3.63) is 35.4 Å². The van der Waals surface area contributed by atoms with Crippen LogP contribution >= 0.6 is 11.8 Å². The molecule has 0 aliphatic heterocycles. The molecule has 0 aromatic heterocycles. The number of hydrogen-bond donors (Lipinski definition) is 0. The first-order chi connectivity index (χ1) is 8.88. The third-order valence-electron chi connectivity index (χ3n) is 3.30.